The fourth-order valence-electron chi connectivity index (χ4n) is 4.71. The maximum absolute atomic E-state index is 13.4. The number of ketones is 1. The number of carbonyl (C=O) groups is 3. The zero-order valence-electron chi connectivity index (χ0n) is 20.5. The SMILES string of the molecule is CCc1ccc(N2C(=O)C(=O)/C(=C(\O)c3ccc4ccccc4c3)C2c2cccc(OC(C)=O)c2)cc1. The molecule has 4 aromatic carbocycles. The van der Waals surface area contributed by atoms with Crippen LogP contribution in [0.15, 0.2) is 96.6 Å². The number of aryl methyl sites for hydroxylation is 1. The largest absolute Gasteiger partial charge is 0.507 e. The van der Waals surface area contributed by atoms with Crippen LogP contribution < -0.4 is 9.64 Å². The van der Waals surface area contributed by atoms with Gasteiger partial charge in [-0.25, -0.2) is 0 Å². The van der Waals surface area contributed by atoms with Crippen molar-refractivity contribution in [3.8, 4) is 5.75 Å². The Morgan fingerprint density at radius 3 is 2.32 bits per heavy atom. The number of hydrogen-bond donors (Lipinski definition) is 1. The van der Waals surface area contributed by atoms with E-state index in [2.05, 4.69) is 0 Å². The molecule has 6 nitrogen and oxygen atoms in total. The molecule has 1 aliphatic rings. The quantitative estimate of drug-likeness (QED) is 0.123. The number of benzene rings is 4. The smallest absolute Gasteiger partial charge is 0.308 e. The Labute approximate surface area is 214 Å². The summed E-state index contributed by atoms with van der Waals surface area (Å²) in [6, 6.07) is 26.2. The van der Waals surface area contributed by atoms with Crippen LogP contribution in [0.3, 0.4) is 0 Å². The van der Waals surface area contributed by atoms with Crippen molar-refractivity contribution < 1.29 is 24.2 Å². The molecule has 1 amide bonds. The van der Waals surface area contributed by atoms with Crippen molar-refractivity contribution in [1.29, 1.82) is 0 Å². The molecule has 0 aliphatic carbocycles. The Morgan fingerprint density at radius 2 is 1.62 bits per heavy atom. The molecule has 0 saturated carbocycles. The minimum absolute atomic E-state index is 0.0279. The van der Waals surface area contributed by atoms with Gasteiger partial charge in [-0.2, -0.15) is 0 Å². The highest BCUT2D eigenvalue weighted by Crippen LogP contribution is 2.43. The first kappa shape index (κ1) is 24.0. The van der Waals surface area contributed by atoms with Crippen molar-refractivity contribution in [2.24, 2.45) is 0 Å². The molecule has 5 rings (SSSR count). The van der Waals surface area contributed by atoms with Gasteiger partial charge in [0.15, 0.2) is 0 Å². The first-order valence-corrected chi connectivity index (χ1v) is 12.0. The summed E-state index contributed by atoms with van der Waals surface area (Å²) in [7, 11) is 0. The number of rotatable bonds is 5. The summed E-state index contributed by atoms with van der Waals surface area (Å²) in [5.74, 6) is -2.00. The Kier molecular flexibility index (Phi) is 6.32. The van der Waals surface area contributed by atoms with Crippen LogP contribution in [0.4, 0.5) is 5.69 Å². The van der Waals surface area contributed by atoms with Crippen molar-refractivity contribution in [1.82, 2.24) is 0 Å². The lowest BCUT2D eigenvalue weighted by atomic mass is 9.94. The minimum atomic E-state index is -0.922. The molecule has 1 N–H and O–H groups in total. The third kappa shape index (κ3) is 4.49. The normalized spacial score (nSPS) is 16.8. The van der Waals surface area contributed by atoms with E-state index < -0.39 is 23.7 Å². The van der Waals surface area contributed by atoms with E-state index in [1.54, 1.807) is 48.5 Å². The van der Waals surface area contributed by atoms with E-state index in [1.165, 1.54) is 11.8 Å². The van der Waals surface area contributed by atoms with Crippen LogP contribution in [0.5, 0.6) is 5.75 Å². The van der Waals surface area contributed by atoms with Crippen LogP contribution in [0.25, 0.3) is 16.5 Å². The summed E-state index contributed by atoms with van der Waals surface area (Å²) in [5.41, 5.74) is 2.54. The first-order chi connectivity index (χ1) is 17.9. The minimum Gasteiger partial charge on any atom is -0.507 e. The number of nitrogens with zero attached hydrogens (tertiary/aromatic N) is 1. The Morgan fingerprint density at radius 1 is 0.892 bits per heavy atom. The second-order valence-corrected chi connectivity index (χ2v) is 8.92. The average molecular weight is 492 g/mol. The number of ether oxygens (including phenoxy) is 1. The van der Waals surface area contributed by atoms with Gasteiger partial charge in [0.1, 0.15) is 11.5 Å². The fraction of sp³-hybridized carbons (Fsp3) is 0.129. The Balaban J connectivity index is 1.71. The van der Waals surface area contributed by atoms with Gasteiger partial charge in [-0.1, -0.05) is 67.6 Å². The molecule has 1 aliphatic heterocycles. The van der Waals surface area contributed by atoms with Crippen molar-refractivity contribution in [2.45, 2.75) is 26.3 Å². The standard InChI is InChI=1S/C31H25NO5/c1-3-20-11-15-25(16-12-20)32-28(23-9-6-10-26(18-23)37-19(2)33)27(30(35)31(32)36)29(34)24-14-13-21-7-4-5-8-22(21)17-24/h4-18,28,34H,3H2,1-2H3/b29-27-. The van der Waals surface area contributed by atoms with Crippen LogP contribution >= 0.6 is 0 Å². The molecule has 1 heterocycles. The van der Waals surface area contributed by atoms with Gasteiger partial charge in [0.25, 0.3) is 11.7 Å². The third-order valence-corrected chi connectivity index (χ3v) is 6.53. The molecular weight excluding hydrogens is 466 g/mol. The molecule has 1 fully saturated rings. The number of anilines is 1. The second-order valence-electron chi connectivity index (χ2n) is 8.92. The van der Waals surface area contributed by atoms with E-state index in [4.69, 9.17) is 4.74 Å². The molecule has 0 radical (unpaired) electrons. The Hall–Kier alpha value is -4.71. The van der Waals surface area contributed by atoms with Crippen molar-refractivity contribution in [3.05, 3.63) is 113 Å². The predicted molar refractivity (Wildman–Crippen MR) is 142 cm³/mol. The van der Waals surface area contributed by atoms with E-state index in [-0.39, 0.29) is 17.1 Å². The van der Waals surface area contributed by atoms with E-state index in [0.717, 1.165) is 22.8 Å². The summed E-state index contributed by atoms with van der Waals surface area (Å²) in [4.78, 5) is 39.8. The van der Waals surface area contributed by atoms with Gasteiger partial charge >= 0.3 is 5.97 Å². The van der Waals surface area contributed by atoms with Crippen LogP contribution in [-0.2, 0) is 20.8 Å². The maximum atomic E-state index is 13.4. The van der Waals surface area contributed by atoms with Crippen LogP contribution in [-0.4, -0.2) is 22.8 Å². The number of amides is 1. The summed E-state index contributed by atoms with van der Waals surface area (Å²) in [6.45, 7) is 3.33. The maximum Gasteiger partial charge on any atom is 0.308 e. The predicted octanol–water partition coefficient (Wildman–Crippen LogP) is 5.95. The van der Waals surface area contributed by atoms with Gasteiger partial charge in [-0.05, 0) is 58.7 Å². The summed E-state index contributed by atoms with van der Waals surface area (Å²) < 4.78 is 5.26. The van der Waals surface area contributed by atoms with E-state index >= 15 is 0 Å². The zero-order chi connectivity index (χ0) is 26.1. The summed E-state index contributed by atoms with van der Waals surface area (Å²) in [5, 5.41) is 13.3. The van der Waals surface area contributed by atoms with E-state index in [1.807, 2.05) is 49.4 Å². The highest BCUT2D eigenvalue weighted by Gasteiger charge is 2.47. The van der Waals surface area contributed by atoms with Gasteiger partial charge in [0.05, 0.1) is 11.6 Å². The topological polar surface area (TPSA) is 83.9 Å². The third-order valence-electron chi connectivity index (χ3n) is 6.53. The number of carbonyl (C=O) groups excluding carboxylic acids is 3. The number of Topliss-reactive ketones (excluding diaryl/α,β-unsaturated/α-hetero) is 1. The highest BCUT2D eigenvalue weighted by atomic mass is 16.5. The van der Waals surface area contributed by atoms with Crippen molar-refractivity contribution in [2.75, 3.05) is 4.90 Å². The lowest BCUT2D eigenvalue weighted by Gasteiger charge is -2.26. The molecule has 0 spiro atoms. The molecule has 1 unspecified atom stereocenters. The van der Waals surface area contributed by atoms with Crippen LogP contribution in [0.2, 0.25) is 0 Å². The van der Waals surface area contributed by atoms with E-state index in [0.29, 0.717) is 16.8 Å². The Bertz CT molecular complexity index is 1570. The van der Waals surface area contributed by atoms with Gasteiger partial charge in [-0.3, -0.25) is 19.3 Å². The monoisotopic (exact) mass is 491 g/mol. The molecule has 37 heavy (non-hydrogen) atoms. The van der Waals surface area contributed by atoms with Crippen LogP contribution in [0.1, 0.15) is 36.6 Å². The van der Waals surface area contributed by atoms with Gasteiger partial charge < -0.3 is 9.84 Å². The first-order valence-electron chi connectivity index (χ1n) is 12.0. The lowest BCUT2D eigenvalue weighted by molar-refractivity contribution is -0.132. The molecule has 0 aromatic heterocycles. The number of hydrogen-bond acceptors (Lipinski definition) is 5. The van der Waals surface area contributed by atoms with Crippen molar-refractivity contribution >= 4 is 39.9 Å². The number of fused-ring (bicyclic) bond motifs is 1. The lowest BCUT2D eigenvalue weighted by Crippen LogP contribution is -2.29. The molecule has 1 atom stereocenters. The average Bonchev–Trinajstić information content (AvgIpc) is 3.18. The molecule has 4 aromatic rings. The number of esters is 1. The molecule has 0 bridgehead atoms. The van der Waals surface area contributed by atoms with Gasteiger partial charge in [0.2, 0.25) is 0 Å². The van der Waals surface area contributed by atoms with Crippen LogP contribution in [0, 0.1) is 0 Å². The highest BCUT2D eigenvalue weighted by molar-refractivity contribution is 6.51. The molecule has 1 saturated heterocycles. The number of aliphatic hydroxyl groups is 1. The number of aliphatic hydroxyl groups excluding tert-OH is 1. The zero-order valence-corrected chi connectivity index (χ0v) is 20.5. The molecule has 6 heteroatoms. The van der Waals surface area contributed by atoms with Crippen molar-refractivity contribution in [3.63, 3.8) is 0 Å². The summed E-state index contributed by atoms with van der Waals surface area (Å²) >= 11 is 0. The van der Waals surface area contributed by atoms with Gasteiger partial charge in [0, 0.05) is 18.2 Å². The molecular formula is C31H25NO5. The van der Waals surface area contributed by atoms with Gasteiger partial charge in [-0.15, -0.1) is 0 Å². The second kappa shape index (κ2) is 9.74. The fourth-order valence-corrected chi connectivity index (χ4v) is 4.71. The van der Waals surface area contributed by atoms with E-state index in [9.17, 15) is 19.5 Å². The summed E-state index contributed by atoms with van der Waals surface area (Å²) in [6.07, 6.45) is 0.828. The molecule has 184 valence electrons.